The summed E-state index contributed by atoms with van der Waals surface area (Å²) in [5.74, 6) is -0.195. The van der Waals surface area contributed by atoms with Crippen molar-refractivity contribution in [3.05, 3.63) is 59.4 Å². The summed E-state index contributed by atoms with van der Waals surface area (Å²) >= 11 is 1.47. The molecule has 142 valence electrons. The zero-order valence-corrected chi connectivity index (χ0v) is 16.3. The molecule has 3 rings (SSSR count). The van der Waals surface area contributed by atoms with Crippen molar-refractivity contribution >= 4 is 35.0 Å². The molecule has 1 aliphatic rings. The van der Waals surface area contributed by atoms with Crippen LogP contribution in [0.3, 0.4) is 0 Å². The normalized spacial score (nSPS) is 16.6. The number of benzene rings is 2. The molecule has 1 saturated heterocycles. The van der Waals surface area contributed by atoms with Gasteiger partial charge in [0.25, 0.3) is 0 Å². The highest BCUT2D eigenvalue weighted by Crippen LogP contribution is 2.42. The highest BCUT2D eigenvalue weighted by Gasteiger charge is 2.35. The zero-order chi connectivity index (χ0) is 19.4. The molecular weight excluding hydrogens is 363 g/mol. The average molecular weight is 386 g/mol. The second-order valence-electron chi connectivity index (χ2n) is 6.66. The Hall–Kier alpha value is -2.34. The molecule has 1 N–H and O–H groups in total. The van der Waals surface area contributed by atoms with Crippen LogP contribution in [0, 0.1) is 12.7 Å². The second-order valence-corrected chi connectivity index (χ2v) is 7.72. The van der Waals surface area contributed by atoms with Gasteiger partial charge in [0.05, 0.1) is 11.4 Å². The molecular formula is C21H23FN2O2S. The van der Waals surface area contributed by atoms with Crippen LogP contribution in [0.2, 0.25) is 0 Å². The molecule has 2 aromatic rings. The van der Waals surface area contributed by atoms with Crippen molar-refractivity contribution in [3.8, 4) is 0 Å². The molecule has 0 bridgehead atoms. The summed E-state index contributed by atoms with van der Waals surface area (Å²) in [5.41, 5.74) is 2.84. The zero-order valence-electron chi connectivity index (χ0n) is 15.5. The number of hydrogen-bond donors (Lipinski definition) is 1. The maximum Gasteiger partial charge on any atom is 0.238 e. The lowest BCUT2D eigenvalue weighted by Crippen LogP contribution is -2.28. The fraction of sp³-hybridized carbons (Fsp3) is 0.333. The third kappa shape index (κ3) is 4.50. The van der Waals surface area contributed by atoms with Crippen molar-refractivity contribution in [2.45, 2.75) is 38.5 Å². The van der Waals surface area contributed by atoms with Crippen LogP contribution >= 0.6 is 11.8 Å². The number of rotatable bonds is 6. The maximum atomic E-state index is 14.3. The van der Waals surface area contributed by atoms with Crippen molar-refractivity contribution in [3.63, 3.8) is 0 Å². The van der Waals surface area contributed by atoms with E-state index in [1.807, 2.05) is 38.1 Å². The molecule has 1 fully saturated rings. The molecule has 0 aromatic heterocycles. The van der Waals surface area contributed by atoms with E-state index in [0.717, 1.165) is 29.7 Å². The topological polar surface area (TPSA) is 49.4 Å². The third-order valence-corrected chi connectivity index (χ3v) is 5.68. The Morgan fingerprint density at radius 2 is 2.00 bits per heavy atom. The number of carbonyl (C=O) groups excluding carboxylic acids is 2. The standard InChI is InChI=1S/C21H23FN2O2S/c1-3-4-5-19(25)23-16-9-7-15(8-10-16)21-24(20(26)13-27-21)18-12-14(2)6-11-17(18)22/h6-12,21H,3-5,13H2,1-2H3,(H,23,25)/t21-/m0/s1. The first kappa shape index (κ1) is 19.4. The number of unbranched alkanes of at least 4 members (excludes halogenated alkanes) is 1. The van der Waals surface area contributed by atoms with Gasteiger partial charge in [-0.15, -0.1) is 11.8 Å². The Kier molecular flexibility index (Phi) is 6.16. The van der Waals surface area contributed by atoms with Crippen LogP contribution in [0.15, 0.2) is 42.5 Å². The Labute approximate surface area is 163 Å². The number of amides is 2. The molecule has 0 aliphatic carbocycles. The first-order chi connectivity index (χ1) is 13.0. The monoisotopic (exact) mass is 386 g/mol. The summed E-state index contributed by atoms with van der Waals surface area (Å²) in [5, 5.41) is 2.60. The van der Waals surface area contributed by atoms with Crippen molar-refractivity contribution in [1.29, 1.82) is 0 Å². The summed E-state index contributed by atoms with van der Waals surface area (Å²) < 4.78 is 14.3. The number of thioether (sulfide) groups is 1. The van der Waals surface area contributed by atoms with Crippen LogP contribution in [-0.2, 0) is 9.59 Å². The quantitative estimate of drug-likeness (QED) is 0.756. The highest BCUT2D eigenvalue weighted by atomic mass is 32.2. The molecule has 1 heterocycles. The van der Waals surface area contributed by atoms with Gasteiger partial charge in [-0.05, 0) is 48.7 Å². The lowest BCUT2D eigenvalue weighted by molar-refractivity contribution is -0.116. The van der Waals surface area contributed by atoms with Crippen LogP contribution in [0.5, 0.6) is 0 Å². The number of nitrogens with one attached hydrogen (secondary N) is 1. The van der Waals surface area contributed by atoms with E-state index in [0.29, 0.717) is 17.9 Å². The van der Waals surface area contributed by atoms with Gasteiger partial charge in [0.15, 0.2) is 0 Å². The van der Waals surface area contributed by atoms with Gasteiger partial charge in [-0.2, -0.15) is 0 Å². The first-order valence-electron chi connectivity index (χ1n) is 9.09. The summed E-state index contributed by atoms with van der Waals surface area (Å²) in [7, 11) is 0. The van der Waals surface area contributed by atoms with Gasteiger partial charge in [-0.3, -0.25) is 14.5 Å². The summed E-state index contributed by atoms with van der Waals surface area (Å²) in [6.07, 6.45) is 2.35. The fourth-order valence-corrected chi connectivity index (χ4v) is 4.20. The Morgan fingerprint density at radius 1 is 1.26 bits per heavy atom. The van der Waals surface area contributed by atoms with E-state index in [4.69, 9.17) is 0 Å². The predicted molar refractivity (Wildman–Crippen MR) is 108 cm³/mol. The first-order valence-corrected chi connectivity index (χ1v) is 10.1. The van der Waals surface area contributed by atoms with Gasteiger partial charge < -0.3 is 5.32 Å². The van der Waals surface area contributed by atoms with E-state index in [9.17, 15) is 14.0 Å². The number of anilines is 2. The minimum Gasteiger partial charge on any atom is -0.326 e. The smallest absolute Gasteiger partial charge is 0.238 e. The number of carbonyl (C=O) groups is 2. The minimum absolute atomic E-state index is 0.00141. The SMILES string of the molecule is CCCCC(=O)Nc1ccc([C@@H]2SCC(=O)N2c2cc(C)ccc2F)cc1. The van der Waals surface area contributed by atoms with E-state index in [1.54, 1.807) is 12.1 Å². The van der Waals surface area contributed by atoms with Gasteiger partial charge >= 0.3 is 0 Å². The van der Waals surface area contributed by atoms with E-state index in [2.05, 4.69) is 5.32 Å². The van der Waals surface area contributed by atoms with E-state index in [1.165, 1.54) is 22.7 Å². The van der Waals surface area contributed by atoms with Crippen molar-refractivity contribution in [1.82, 2.24) is 0 Å². The molecule has 0 saturated carbocycles. The Bertz CT molecular complexity index is 839. The van der Waals surface area contributed by atoms with Crippen LogP contribution in [0.1, 0.15) is 42.7 Å². The molecule has 2 aromatic carbocycles. The molecule has 1 atom stereocenters. The lowest BCUT2D eigenvalue weighted by Gasteiger charge is -2.25. The van der Waals surface area contributed by atoms with Gasteiger partial charge in [-0.1, -0.05) is 31.5 Å². The molecule has 4 nitrogen and oxygen atoms in total. The Morgan fingerprint density at radius 3 is 2.70 bits per heavy atom. The molecule has 27 heavy (non-hydrogen) atoms. The molecule has 0 unspecified atom stereocenters. The van der Waals surface area contributed by atoms with Crippen LogP contribution in [0.4, 0.5) is 15.8 Å². The van der Waals surface area contributed by atoms with Crippen LogP contribution in [-0.4, -0.2) is 17.6 Å². The number of hydrogen-bond acceptors (Lipinski definition) is 3. The highest BCUT2D eigenvalue weighted by molar-refractivity contribution is 8.00. The summed E-state index contributed by atoms with van der Waals surface area (Å²) in [4.78, 5) is 25.8. The molecule has 6 heteroatoms. The number of nitrogens with zero attached hydrogens (tertiary/aromatic N) is 1. The van der Waals surface area contributed by atoms with E-state index < -0.39 is 5.82 Å². The third-order valence-electron chi connectivity index (χ3n) is 4.47. The predicted octanol–water partition coefficient (Wildman–Crippen LogP) is 5.04. The van der Waals surface area contributed by atoms with Crippen LogP contribution < -0.4 is 10.2 Å². The van der Waals surface area contributed by atoms with Gasteiger partial charge in [0, 0.05) is 12.1 Å². The minimum atomic E-state index is -0.402. The number of aryl methyl sites for hydroxylation is 1. The van der Waals surface area contributed by atoms with Crippen molar-refractivity contribution < 1.29 is 14.0 Å². The molecule has 0 spiro atoms. The maximum absolute atomic E-state index is 14.3. The summed E-state index contributed by atoms with van der Waals surface area (Å²) in [6.45, 7) is 3.92. The van der Waals surface area contributed by atoms with Crippen molar-refractivity contribution in [2.75, 3.05) is 16.0 Å². The summed E-state index contributed by atoms with van der Waals surface area (Å²) in [6, 6.07) is 12.2. The van der Waals surface area contributed by atoms with Gasteiger partial charge in [-0.25, -0.2) is 4.39 Å². The molecule has 2 amide bonds. The van der Waals surface area contributed by atoms with Crippen molar-refractivity contribution in [2.24, 2.45) is 0 Å². The van der Waals surface area contributed by atoms with Gasteiger partial charge in [0.1, 0.15) is 11.2 Å². The Balaban J connectivity index is 1.79. The van der Waals surface area contributed by atoms with E-state index in [-0.39, 0.29) is 17.2 Å². The number of halogens is 1. The molecule has 0 radical (unpaired) electrons. The van der Waals surface area contributed by atoms with Crippen LogP contribution in [0.25, 0.3) is 0 Å². The second kappa shape index (κ2) is 8.57. The molecule has 1 aliphatic heterocycles. The average Bonchev–Trinajstić information content (AvgIpc) is 3.04. The fourth-order valence-electron chi connectivity index (χ4n) is 3.03. The largest absolute Gasteiger partial charge is 0.326 e. The van der Waals surface area contributed by atoms with E-state index >= 15 is 0 Å². The van der Waals surface area contributed by atoms with Gasteiger partial charge in [0.2, 0.25) is 11.8 Å². The lowest BCUT2D eigenvalue weighted by atomic mass is 10.1.